The van der Waals surface area contributed by atoms with Gasteiger partial charge in [-0.05, 0) is 42.4 Å². The molecule has 0 spiro atoms. The predicted octanol–water partition coefficient (Wildman–Crippen LogP) is 5.05. The van der Waals surface area contributed by atoms with E-state index in [9.17, 15) is 9.90 Å². The molecule has 0 bridgehead atoms. The number of aromatic nitrogens is 3. The van der Waals surface area contributed by atoms with Crippen LogP contribution in [0.4, 0.5) is 0 Å². The molecule has 0 saturated carbocycles. The van der Waals surface area contributed by atoms with Crippen LogP contribution in [0.3, 0.4) is 0 Å². The number of aromatic hydroxyl groups is 1. The zero-order chi connectivity index (χ0) is 21.3. The third kappa shape index (κ3) is 3.79. The first kappa shape index (κ1) is 20.4. The zero-order valence-electron chi connectivity index (χ0n) is 15.5. The van der Waals surface area contributed by atoms with Gasteiger partial charge in [-0.3, -0.25) is 19.3 Å². The zero-order valence-corrected chi connectivity index (χ0v) is 17.9. The smallest absolute Gasteiger partial charge is 0.264 e. The molecule has 6 nitrogen and oxygen atoms in total. The number of nitrogens with zero attached hydrogens (tertiary/aromatic N) is 2. The van der Waals surface area contributed by atoms with Gasteiger partial charge in [0, 0.05) is 29.9 Å². The second-order valence-electron chi connectivity index (χ2n) is 6.55. The highest BCUT2D eigenvalue weighted by Gasteiger charge is 2.15. The first-order valence-electron chi connectivity index (χ1n) is 9.05. The number of hydrogen-bond donors (Lipinski definition) is 3. The van der Waals surface area contributed by atoms with Crippen LogP contribution in [0.15, 0.2) is 58.4 Å². The fraction of sp³-hybridized carbons (Fsp3) is 0.0952. The Hall–Kier alpha value is -2.87. The Labute approximate surface area is 186 Å². The largest absolute Gasteiger partial charge is 0.494 e. The molecule has 30 heavy (non-hydrogen) atoms. The molecule has 0 fully saturated rings. The molecule has 0 radical (unpaired) electrons. The third-order valence-corrected chi connectivity index (χ3v) is 5.79. The minimum Gasteiger partial charge on any atom is -0.494 e. The van der Waals surface area contributed by atoms with E-state index in [1.54, 1.807) is 18.2 Å². The fourth-order valence-corrected chi connectivity index (χ4v) is 3.88. The van der Waals surface area contributed by atoms with Gasteiger partial charge in [-0.1, -0.05) is 47.5 Å². The van der Waals surface area contributed by atoms with Gasteiger partial charge in [0.25, 0.3) is 5.56 Å². The topological polar surface area (TPSA) is 86.2 Å². The highest BCUT2D eigenvalue weighted by atomic mass is 35.5. The van der Waals surface area contributed by atoms with E-state index in [-0.39, 0.29) is 21.2 Å². The number of fused-ring (bicyclic) bond motifs is 1. The van der Waals surface area contributed by atoms with Crippen LogP contribution in [0.25, 0.3) is 16.6 Å². The molecule has 0 aliphatic heterocycles. The number of para-hydroxylation sites is 1. The summed E-state index contributed by atoms with van der Waals surface area (Å²) in [6.45, 7) is 0.439. The molecule has 0 saturated heterocycles. The van der Waals surface area contributed by atoms with Crippen LogP contribution in [0, 0.1) is 4.77 Å². The van der Waals surface area contributed by atoms with Crippen molar-refractivity contribution >= 4 is 52.5 Å². The lowest BCUT2D eigenvalue weighted by Crippen LogP contribution is -2.18. The molecule has 4 rings (SSSR count). The van der Waals surface area contributed by atoms with Crippen molar-refractivity contribution in [2.45, 2.75) is 6.42 Å². The molecular formula is C21H16Cl2N4O2S. The molecule has 0 unspecified atom stereocenters. The van der Waals surface area contributed by atoms with E-state index in [4.69, 9.17) is 35.4 Å². The van der Waals surface area contributed by atoms with Gasteiger partial charge in [0.05, 0.1) is 15.7 Å². The molecule has 2 aromatic carbocycles. The highest BCUT2D eigenvalue weighted by Crippen LogP contribution is 2.31. The number of hydrogen-bond acceptors (Lipinski definition) is 4. The van der Waals surface area contributed by atoms with Gasteiger partial charge < -0.3 is 10.1 Å². The molecule has 0 aliphatic carbocycles. The summed E-state index contributed by atoms with van der Waals surface area (Å²) in [6.07, 6.45) is 3.97. The second kappa shape index (κ2) is 8.47. The van der Waals surface area contributed by atoms with Gasteiger partial charge in [0.1, 0.15) is 5.56 Å². The molecule has 152 valence electrons. The van der Waals surface area contributed by atoms with Crippen molar-refractivity contribution < 1.29 is 5.11 Å². The van der Waals surface area contributed by atoms with E-state index in [0.29, 0.717) is 23.7 Å². The molecular weight excluding hydrogens is 443 g/mol. The lowest BCUT2D eigenvalue weighted by Gasteiger charge is -2.13. The Kier molecular flexibility index (Phi) is 5.76. The summed E-state index contributed by atoms with van der Waals surface area (Å²) in [5, 5.41) is 12.4. The van der Waals surface area contributed by atoms with Gasteiger partial charge in [-0.25, -0.2) is 0 Å². The number of benzene rings is 2. The molecule has 2 heterocycles. The number of aromatic amines is 2. The SMILES string of the molecule is O=c1[nH]c(=S)n(-c2cccc(Cl)c2Cl)c(O)c1C=NCCc1c[nH]c2ccccc12. The molecule has 0 atom stereocenters. The predicted molar refractivity (Wildman–Crippen MR) is 123 cm³/mol. The standard InChI is InChI=1S/C21H16Cl2N4O2S/c22-15-5-3-7-17(18(15)23)27-20(29)14(19(28)26-21(27)30)11-24-9-8-12-10-25-16-6-2-1-4-13(12)16/h1-7,10-11,25,29H,8-9H2,(H,26,28,30). The summed E-state index contributed by atoms with van der Waals surface area (Å²) in [5.74, 6) is -0.358. The first-order valence-corrected chi connectivity index (χ1v) is 10.2. The van der Waals surface area contributed by atoms with Crippen molar-refractivity contribution in [2.75, 3.05) is 6.54 Å². The Morgan fingerprint density at radius 2 is 1.97 bits per heavy atom. The summed E-state index contributed by atoms with van der Waals surface area (Å²) < 4.78 is 1.25. The Bertz CT molecular complexity index is 1390. The lowest BCUT2D eigenvalue weighted by atomic mass is 10.1. The molecule has 3 N–H and O–H groups in total. The third-order valence-electron chi connectivity index (χ3n) is 4.70. The summed E-state index contributed by atoms with van der Waals surface area (Å²) in [5.41, 5.74) is 1.99. The van der Waals surface area contributed by atoms with Gasteiger partial charge in [-0.15, -0.1) is 0 Å². The molecule has 2 aromatic heterocycles. The number of H-pyrrole nitrogens is 2. The monoisotopic (exact) mass is 458 g/mol. The molecule has 0 aliphatic rings. The van der Waals surface area contributed by atoms with Crippen molar-refractivity contribution in [3.63, 3.8) is 0 Å². The normalized spacial score (nSPS) is 11.5. The van der Waals surface area contributed by atoms with Gasteiger partial charge >= 0.3 is 0 Å². The second-order valence-corrected chi connectivity index (χ2v) is 7.72. The first-order chi connectivity index (χ1) is 14.5. The van der Waals surface area contributed by atoms with Crippen LogP contribution < -0.4 is 5.56 Å². The number of nitrogens with one attached hydrogen (secondary N) is 2. The van der Waals surface area contributed by atoms with Crippen molar-refractivity contribution in [1.82, 2.24) is 14.5 Å². The molecule has 0 amide bonds. The van der Waals surface area contributed by atoms with E-state index >= 15 is 0 Å². The van der Waals surface area contributed by atoms with Crippen LogP contribution in [0.2, 0.25) is 10.0 Å². The van der Waals surface area contributed by atoms with Gasteiger partial charge in [-0.2, -0.15) is 0 Å². The van der Waals surface area contributed by atoms with Crippen LogP contribution in [0.5, 0.6) is 5.88 Å². The average molecular weight is 459 g/mol. The van der Waals surface area contributed by atoms with Crippen molar-refractivity contribution in [2.24, 2.45) is 4.99 Å². The van der Waals surface area contributed by atoms with Gasteiger partial charge in [0.2, 0.25) is 5.88 Å². The Balaban J connectivity index is 1.64. The van der Waals surface area contributed by atoms with Crippen LogP contribution in [0.1, 0.15) is 11.1 Å². The number of aliphatic imine (C=N–C) groups is 1. The fourth-order valence-electron chi connectivity index (χ4n) is 3.22. The Morgan fingerprint density at radius 3 is 2.80 bits per heavy atom. The number of halogens is 2. The average Bonchev–Trinajstić information content (AvgIpc) is 3.13. The van der Waals surface area contributed by atoms with Crippen molar-refractivity contribution in [3.8, 4) is 11.6 Å². The van der Waals surface area contributed by atoms with Gasteiger partial charge in [0.15, 0.2) is 4.77 Å². The minimum absolute atomic E-state index is 0.00221. The maximum atomic E-state index is 12.3. The van der Waals surface area contributed by atoms with E-state index in [0.717, 1.165) is 16.5 Å². The van der Waals surface area contributed by atoms with Crippen LogP contribution in [-0.4, -0.2) is 32.4 Å². The summed E-state index contributed by atoms with van der Waals surface area (Å²) in [6, 6.07) is 12.9. The molecule has 9 heteroatoms. The quantitative estimate of drug-likeness (QED) is 0.288. The molecule has 4 aromatic rings. The van der Waals surface area contributed by atoms with Crippen molar-refractivity contribution in [3.05, 3.63) is 85.0 Å². The van der Waals surface area contributed by atoms with E-state index in [1.165, 1.54) is 10.8 Å². The maximum absolute atomic E-state index is 12.3. The van der Waals surface area contributed by atoms with Crippen molar-refractivity contribution in [1.29, 1.82) is 0 Å². The maximum Gasteiger partial charge on any atom is 0.264 e. The minimum atomic E-state index is -0.539. The number of rotatable bonds is 5. The van der Waals surface area contributed by atoms with Crippen LogP contribution >= 0.6 is 35.4 Å². The van der Waals surface area contributed by atoms with E-state index in [1.807, 2.05) is 30.5 Å². The summed E-state index contributed by atoms with van der Waals surface area (Å²) >= 11 is 17.5. The lowest BCUT2D eigenvalue weighted by molar-refractivity contribution is 0.432. The van der Waals surface area contributed by atoms with Crippen LogP contribution in [-0.2, 0) is 6.42 Å². The summed E-state index contributed by atoms with van der Waals surface area (Å²) in [4.78, 5) is 22.4. The van der Waals surface area contributed by atoms with E-state index in [2.05, 4.69) is 15.0 Å². The van der Waals surface area contributed by atoms with E-state index < -0.39 is 5.56 Å². The Morgan fingerprint density at radius 1 is 1.17 bits per heavy atom. The summed E-state index contributed by atoms with van der Waals surface area (Å²) in [7, 11) is 0. The highest BCUT2D eigenvalue weighted by molar-refractivity contribution is 7.71.